The molecule has 0 unspecified atom stereocenters. The van der Waals surface area contributed by atoms with E-state index in [4.69, 9.17) is 4.18 Å². The molecule has 34 heavy (non-hydrogen) atoms. The van der Waals surface area contributed by atoms with E-state index in [-0.39, 0.29) is 16.6 Å². The maximum atomic E-state index is 12.7. The summed E-state index contributed by atoms with van der Waals surface area (Å²) in [7, 11) is -4.06. The van der Waals surface area contributed by atoms with E-state index in [2.05, 4.69) is 25.6 Å². The highest BCUT2D eigenvalue weighted by Crippen LogP contribution is 2.24. The molecule has 2 amide bonds. The van der Waals surface area contributed by atoms with Gasteiger partial charge in [-0.25, -0.2) is 14.8 Å². The van der Waals surface area contributed by atoms with Crippen molar-refractivity contribution in [3.8, 4) is 11.4 Å². The summed E-state index contributed by atoms with van der Waals surface area (Å²) in [6.45, 7) is 0. The second kappa shape index (κ2) is 8.71. The largest absolute Gasteiger partial charge is 0.379 e. The quantitative estimate of drug-likeness (QED) is 0.317. The number of H-pyrrole nitrogens is 1. The average molecular weight is 475 g/mol. The van der Waals surface area contributed by atoms with Crippen molar-refractivity contribution in [2.45, 2.75) is 4.90 Å². The van der Waals surface area contributed by atoms with Crippen molar-refractivity contribution in [3.05, 3.63) is 91.5 Å². The van der Waals surface area contributed by atoms with E-state index in [1.54, 1.807) is 65.8 Å². The van der Waals surface area contributed by atoms with Crippen LogP contribution in [0.15, 0.2) is 96.4 Å². The first-order chi connectivity index (χ1) is 16.5. The van der Waals surface area contributed by atoms with Crippen LogP contribution in [0.2, 0.25) is 0 Å². The maximum absolute atomic E-state index is 12.7. The number of aromatic nitrogens is 4. The van der Waals surface area contributed by atoms with E-state index in [0.717, 1.165) is 5.69 Å². The zero-order valence-corrected chi connectivity index (χ0v) is 18.4. The van der Waals surface area contributed by atoms with E-state index >= 15 is 0 Å². The number of aromatic amines is 1. The summed E-state index contributed by atoms with van der Waals surface area (Å²) in [5, 5.41) is 5.30. The van der Waals surface area contributed by atoms with Crippen molar-refractivity contribution in [2.75, 3.05) is 10.6 Å². The molecule has 5 aromatic rings. The van der Waals surface area contributed by atoms with Gasteiger partial charge in [-0.05, 0) is 48.5 Å². The fraction of sp³-hybridized carbons (Fsp3) is 0. The van der Waals surface area contributed by atoms with Crippen molar-refractivity contribution in [1.29, 1.82) is 0 Å². The molecule has 0 aliphatic rings. The van der Waals surface area contributed by atoms with Gasteiger partial charge in [-0.3, -0.25) is 5.32 Å². The molecule has 5 rings (SSSR count). The van der Waals surface area contributed by atoms with Gasteiger partial charge < -0.3 is 19.1 Å². The number of carbonyl (C=O) groups is 1. The summed E-state index contributed by atoms with van der Waals surface area (Å²) in [4.78, 5) is 23.4. The van der Waals surface area contributed by atoms with Crippen LogP contribution in [0.4, 0.5) is 16.4 Å². The number of imidazole rings is 2. The van der Waals surface area contributed by atoms with Gasteiger partial charge in [0, 0.05) is 29.8 Å². The highest BCUT2D eigenvalue weighted by molar-refractivity contribution is 7.87. The summed E-state index contributed by atoms with van der Waals surface area (Å²) in [6.07, 6.45) is 5.01. The Balaban J connectivity index is 1.30. The molecule has 2 heterocycles. The Labute approximate surface area is 194 Å². The van der Waals surface area contributed by atoms with Gasteiger partial charge in [-0.1, -0.05) is 18.2 Å². The summed E-state index contributed by atoms with van der Waals surface area (Å²) < 4.78 is 32.5. The number of rotatable bonds is 6. The number of hydrogen-bond acceptors (Lipinski definition) is 6. The lowest BCUT2D eigenvalue weighted by atomic mass is 10.3. The van der Waals surface area contributed by atoms with Crippen molar-refractivity contribution in [3.63, 3.8) is 0 Å². The van der Waals surface area contributed by atoms with Crippen LogP contribution in [-0.4, -0.2) is 34.0 Å². The first-order valence-electron chi connectivity index (χ1n) is 10.1. The Morgan fingerprint density at radius 3 is 2.50 bits per heavy atom. The number of hydrogen-bond donors (Lipinski definition) is 3. The number of fused-ring (bicyclic) bond motifs is 1. The van der Waals surface area contributed by atoms with E-state index < -0.39 is 16.1 Å². The zero-order chi connectivity index (χ0) is 23.5. The molecule has 0 fully saturated rings. The monoisotopic (exact) mass is 474 g/mol. The lowest BCUT2D eigenvalue weighted by molar-refractivity contribution is 0.262. The third-order valence-electron chi connectivity index (χ3n) is 4.85. The SMILES string of the molecule is O=C(Nc1ccccc1)Nc1nc2cc(OS(=O)(=O)c3ccc(-n4ccnc4)cc3)ccc2[nH]1. The number of carbonyl (C=O) groups excluding carboxylic acids is 1. The molecule has 3 aromatic carbocycles. The van der Waals surface area contributed by atoms with Gasteiger partial charge in [0.1, 0.15) is 10.6 Å². The van der Waals surface area contributed by atoms with Crippen molar-refractivity contribution >= 4 is 38.8 Å². The average Bonchev–Trinajstić information content (AvgIpc) is 3.49. The van der Waals surface area contributed by atoms with Crippen molar-refractivity contribution in [2.24, 2.45) is 0 Å². The number of nitrogens with one attached hydrogen (secondary N) is 3. The summed E-state index contributed by atoms with van der Waals surface area (Å²) in [6, 6.07) is 19.4. The third kappa shape index (κ3) is 4.59. The molecule has 0 spiro atoms. The lowest BCUT2D eigenvalue weighted by Crippen LogP contribution is -2.20. The van der Waals surface area contributed by atoms with Gasteiger partial charge in [0.15, 0.2) is 0 Å². The smallest absolute Gasteiger partial charge is 0.339 e. The fourth-order valence-electron chi connectivity index (χ4n) is 3.26. The molecule has 11 heteroatoms. The van der Waals surface area contributed by atoms with Crippen LogP contribution < -0.4 is 14.8 Å². The molecular formula is C23H18N6O4S. The van der Waals surface area contributed by atoms with Gasteiger partial charge in [0.05, 0.1) is 17.4 Å². The van der Waals surface area contributed by atoms with Crippen LogP contribution in [-0.2, 0) is 10.1 Å². The predicted molar refractivity (Wildman–Crippen MR) is 127 cm³/mol. The molecule has 170 valence electrons. The standard InChI is InChI=1S/C23H18N6O4S/c30-23(25-16-4-2-1-3-5-16)28-22-26-20-11-8-18(14-21(20)27-22)33-34(31,32)19-9-6-17(7-10-19)29-13-12-24-15-29/h1-15H,(H3,25,26,27,28,30). The minimum Gasteiger partial charge on any atom is -0.379 e. The van der Waals surface area contributed by atoms with Crippen LogP contribution in [0, 0.1) is 0 Å². The Morgan fingerprint density at radius 1 is 0.971 bits per heavy atom. The summed E-state index contributed by atoms with van der Waals surface area (Å²) >= 11 is 0. The molecule has 2 aromatic heterocycles. The first-order valence-corrected chi connectivity index (χ1v) is 11.5. The predicted octanol–water partition coefficient (Wildman–Crippen LogP) is 4.16. The van der Waals surface area contributed by atoms with Crippen molar-refractivity contribution < 1.29 is 17.4 Å². The number of nitrogens with zero attached hydrogens (tertiary/aromatic N) is 3. The van der Waals surface area contributed by atoms with Crippen LogP contribution >= 0.6 is 0 Å². The van der Waals surface area contributed by atoms with Gasteiger partial charge in [-0.2, -0.15) is 8.42 Å². The second-order valence-corrected chi connectivity index (χ2v) is 8.76. The number of para-hydroxylation sites is 1. The lowest BCUT2D eigenvalue weighted by Gasteiger charge is -2.08. The summed E-state index contributed by atoms with van der Waals surface area (Å²) in [5.41, 5.74) is 2.43. The van der Waals surface area contributed by atoms with Gasteiger partial charge in [-0.15, -0.1) is 0 Å². The third-order valence-corrected chi connectivity index (χ3v) is 6.11. The molecule has 0 bridgehead atoms. The van der Waals surface area contributed by atoms with E-state index in [1.165, 1.54) is 24.3 Å². The van der Waals surface area contributed by atoms with Gasteiger partial charge in [0.25, 0.3) is 0 Å². The number of anilines is 2. The van der Waals surface area contributed by atoms with Crippen molar-refractivity contribution in [1.82, 2.24) is 19.5 Å². The first kappa shape index (κ1) is 21.2. The molecule has 0 saturated carbocycles. The molecule has 10 nitrogen and oxygen atoms in total. The second-order valence-electron chi connectivity index (χ2n) is 7.21. The Morgan fingerprint density at radius 2 is 1.76 bits per heavy atom. The molecule has 0 aliphatic carbocycles. The molecular weight excluding hydrogens is 456 g/mol. The van der Waals surface area contributed by atoms with Crippen LogP contribution in [0.25, 0.3) is 16.7 Å². The normalized spacial score (nSPS) is 11.3. The minimum absolute atomic E-state index is 0.0124. The Kier molecular flexibility index (Phi) is 5.44. The van der Waals surface area contributed by atoms with Crippen LogP contribution in [0.1, 0.15) is 0 Å². The van der Waals surface area contributed by atoms with Gasteiger partial charge in [0.2, 0.25) is 5.95 Å². The maximum Gasteiger partial charge on any atom is 0.339 e. The molecule has 3 N–H and O–H groups in total. The minimum atomic E-state index is -4.06. The topological polar surface area (TPSA) is 131 Å². The molecule has 0 radical (unpaired) electrons. The Bertz CT molecular complexity index is 1550. The number of benzene rings is 3. The highest BCUT2D eigenvalue weighted by Gasteiger charge is 2.18. The zero-order valence-electron chi connectivity index (χ0n) is 17.5. The van der Waals surface area contributed by atoms with Gasteiger partial charge >= 0.3 is 16.1 Å². The van der Waals surface area contributed by atoms with E-state index in [0.29, 0.717) is 16.7 Å². The molecule has 0 saturated heterocycles. The van der Waals surface area contributed by atoms with Crippen LogP contribution in [0.3, 0.4) is 0 Å². The summed E-state index contributed by atoms with van der Waals surface area (Å²) in [5.74, 6) is 0.302. The molecule has 0 atom stereocenters. The molecule has 0 aliphatic heterocycles. The van der Waals surface area contributed by atoms with Crippen LogP contribution in [0.5, 0.6) is 5.75 Å². The Hall–Kier alpha value is -4.64. The van der Waals surface area contributed by atoms with E-state index in [1.807, 2.05) is 6.07 Å². The van der Waals surface area contributed by atoms with E-state index in [9.17, 15) is 13.2 Å². The highest BCUT2D eigenvalue weighted by atomic mass is 32.2. The fourth-order valence-corrected chi connectivity index (χ4v) is 4.18. The number of urea groups is 1. The number of amides is 2.